The molecule has 0 aliphatic rings. The molecule has 1 aromatic heterocycles. The van der Waals surface area contributed by atoms with Gasteiger partial charge in [0.15, 0.2) is 0 Å². The fourth-order valence-electron chi connectivity index (χ4n) is 1.27. The summed E-state index contributed by atoms with van der Waals surface area (Å²) in [5.41, 5.74) is 12.2. The van der Waals surface area contributed by atoms with Gasteiger partial charge in [-0.3, -0.25) is 0 Å². The molecule has 13 heavy (non-hydrogen) atoms. The molecule has 4 nitrogen and oxygen atoms in total. The Labute approximate surface area is 77.6 Å². The first-order chi connectivity index (χ1) is 5.97. The summed E-state index contributed by atoms with van der Waals surface area (Å²) < 4.78 is 0. The molecule has 0 radical (unpaired) electrons. The molecule has 1 heterocycles. The van der Waals surface area contributed by atoms with Crippen molar-refractivity contribution in [3.63, 3.8) is 0 Å². The largest absolute Gasteiger partial charge is 0.394 e. The topological polar surface area (TPSA) is 85.2 Å². The fraction of sp³-hybridized carbons (Fsp3) is 0.444. The number of aliphatic hydroxyl groups is 1. The molecule has 0 aliphatic heterocycles. The summed E-state index contributed by atoms with van der Waals surface area (Å²) in [4.78, 5) is 4.07. The van der Waals surface area contributed by atoms with E-state index in [-0.39, 0.29) is 6.61 Å². The van der Waals surface area contributed by atoms with Gasteiger partial charge in [0.05, 0.1) is 12.1 Å². The summed E-state index contributed by atoms with van der Waals surface area (Å²) in [7, 11) is 0. The van der Waals surface area contributed by atoms with Crippen LogP contribution in [0.4, 0.5) is 5.82 Å². The molecule has 1 rings (SSSR count). The van der Waals surface area contributed by atoms with Crippen LogP contribution in [0.2, 0.25) is 0 Å². The van der Waals surface area contributed by atoms with Crippen LogP contribution in [-0.2, 0) is 5.54 Å². The molecule has 4 heteroatoms. The van der Waals surface area contributed by atoms with E-state index in [1.54, 1.807) is 19.1 Å². The monoisotopic (exact) mass is 181 g/mol. The third-order valence-electron chi connectivity index (χ3n) is 2.05. The van der Waals surface area contributed by atoms with E-state index < -0.39 is 5.54 Å². The van der Waals surface area contributed by atoms with E-state index in [1.165, 1.54) is 0 Å². The van der Waals surface area contributed by atoms with Gasteiger partial charge in [0.25, 0.3) is 0 Å². The number of hydrogen-bond donors (Lipinski definition) is 3. The molecule has 0 saturated carbocycles. The van der Waals surface area contributed by atoms with Crippen LogP contribution in [0.25, 0.3) is 0 Å². The van der Waals surface area contributed by atoms with Crippen molar-refractivity contribution >= 4 is 5.82 Å². The first-order valence-corrected chi connectivity index (χ1v) is 4.11. The summed E-state index contributed by atoms with van der Waals surface area (Å²) >= 11 is 0. The van der Waals surface area contributed by atoms with Crippen molar-refractivity contribution in [2.75, 3.05) is 12.3 Å². The quantitative estimate of drug-likeness (QED) is 0.605. The first-order valence-electron chi connectivity index (χ1n) is 4.11. The van der Waals surface area contributed by atoms with Crippen LogP contribution in [0.3, 0.4) is 0 Å². The Morgan fingerprint density at radius 1 is 1.54 bits per heavy atom. The number of aliphatic hydroxyl groups excluding tert-OH is 1. The number of rotatable bonds is 2. The van der Waals surface area contributed by atoms with E-state index in [4.69, 9.17) is 16.6 Å². The maximum atomic E-state index is 9.06. The molecule has 0 spiro atoms. The van der Waals surface area contributed by atoms with Gasteiger partial charge in [-0.1, -0.05) is 6.07 Å². The Balaban J connectivity index is 3.16. The van der Waals surface area contributed by atoms with E-state index in [0.717, 1.165) is 11.3 Å². The predicted molar refractivity (Wildman–Crippen MR) is 52.0 cm³/mol. The second-order valence-corrected chi connectivity index (χ2v) is 3.44. The highest BCUT2D eigenvalue weighted by atomic mass is 16.3. The minimum Gasteiger partial charge on any atom is -0.394 e. The highest BCUT2D eigenvalue weighted by molar-refractivity contribution is 5.36. The summed E-state index contributed by atoms with van der Waals surface area (Å²) in [6.45, 7) is 3.47. The third kappa shape index (κ3) is 1.96. The van der Waals surface area contributed by atoms with E-state index >= 15 is 0 Å². The zero-order chi connectivity index (χ0) is 10.1. The molecule has 1 unspecified atom stereocenters. The SMILES string of the molecule is Cc1nc(N)ccc1C(C)(N)CO. The molecule has 72 valence electrons. The first kappa shape index (κ1) is 9.95. The molecule has 0 bridgehead atoms. The van der Waals surface area contributed by atoms with Crippen molar-refractivity contribution in [1.82, 2.24) is 4.98 Å². The zero-order valence-corrected chi connectivity index (χ0v) is 7.91. The predicted octanol–water partition coefficient (Wildman–Crippen LogP) is 0.138. The smallest absolute Gasteiger partial charge is 0.123 e. The van der Waals surface area contributed by atoms with Gasteiger partial charge in [-0.25, -0.2) is 4.98 Å². The van der Waals surface area contributed by atoms with Gasteiger partial charge in [0.1, 0.15) is 5.82 Å². The molecule has 1 aromatic rings. The number of pyridine rings is 1. The van der Waals surface area contributed by atoms with Gasteiger partial charge >= 0.3 is 0 Å². The van der Waals surface area contributed by atoms with Gasteiger partial charge in [-0.15, -0.1) is 0 Å². The normalized spacial score (nSPS) is 15.4. The third-order valence-corrected chi connectivity index (χ3v) is 2.05. The number of nitrogens with zero attached hydrogens (tertiary/aromatic N) is 1. The maximum absolute atomic E-state index is 9.06. The van der Waals surface area contributed by atoms with Crippen molar-refractivity contribution in [3.8, 4) is 0 Å². The minimum absolute atomic E-state index is 0.112. The standard InChI is InChI=1S/C9H15N3O/c1-6-7(9(2,11)5-13)3-4-8(10)12-6/h3-4,13H,5,11H2,1-2H3,(H2,10,12). The number of aromatic nitrogens is 1. The lowest BCUT2D eigenvalue weighted by Crippen LogP contribution is -2.37. The average molecular weight is 181 g/mol. The van der Waals surface area contributed by atoms with Gasteiger partial charge < -0.3 is 16.6 Å². The Morgan fingerprint density at radius 3 is 2.62 bits per heavy atom. The van der Waals surface area contributed by atoms with Gasteiger partial charge in [0.2, 0.25) is 0 Å². The maximum Gasteiger partial charge on any atom is 0.123 e. The van der Waals surface area contributed by atoms with Crippen LogP contribution in [0.1, 0.15) is 18.2 Å². The molecular weight excluding hydrogens is 166 g/mol. The Hall–Kier alpha value is -1.13. The van der Waals surface area contributed by atoms with Crippen LogP contribution in [0, 0.1) is 6.92 Å². The Bertz CT molecular complexity index is 310. The van der Waals surface area contributed by atoms with Crippen LogP contribution >= 0.6 is 0 Å². The second kappa shape index (κ2) is 3.32. The fourth-order valence-corrected chi connectivity index (χ4v) is 1.27. The average Bonchev–Trinajstić information content (AvgIpc) is 2.03. The van der Waals surface area contributed by atoms with Crippen LogP contribution in [0.5, 0.6) is 0 Å². The molecule has 0 fully saturated rings. The van der Waals surface area contributed by atoms with Gasteiger partial charge in [-0.05, 0) is 25.5 Å². The van der Waals surface area contributed by atoms with Crippen molar-refractivity contribution in [1.29, 1.82) is 0 Å². The van der Waals surface area contributed by atoms with Gasteiger partial charge in [0, 0.05) is 5.69 Å². The number of aryl methyl sites for hydroxylation is 1. The number of nitrogens with two attached hydrogens (primary N) is 2. The Morgan fingerprint density at radius 2 is 2.15 bits per heavy atom. The van der Waals surface area contributed by atoms with Crippen LogP contribution < -0.4 is 11.5 Å². The van der Waals surface area contributed by atoms with E-state index in [9.17, 15) is 0 Å². The lowest BCUT2D eigenvalue weighted by Gasteiger charge is -2.23. The van der Waals surface area contributed by atoms with E-state index in [2.05, 4.69) is 4.98 Å². The number of anilines is 1. The van der Waals surface area contributed by atoms with Crippen molar-refractivity contribution in [2.24, 2.45) is 5.73 Å². The lowest BCUT2D eigenvalue weighted by atomic mass is 9.93. The van der Waals surface area contributed by atoms with Crippen LogP contribution in [0.15, 0.2) is 12.1 Å². The molecule has 0 saturated heterocycles. The molecular formula is C9H15N3O. The molecule has 0 aromatic carbocycles. The van der Waals surface area contributed by atoms with Crippen molar-refractivity contribution in [3.05, 3.63) is 23.4 Å². The Kier molecular flexibility index (Phi) is 2.54. The molecule has 5 N–H and O–H groups in total. The second-order valence-electron chi connectivity index (χ2n) is 3.44. The minimum atomic E-state index is -0.745. The summed E-state index contributed by atoms with van der Waals surface area (Å²) in [5, 5.41) is 9.06. The summed E-state index contributed by atoms with van der Waals surface area (Å²) in [6, 6.07) is 3.48. The van der Waals surface area contributed by atoms with E-state index in [1.807, 2.05) is 6.92 Å². The molecule has 0 aliphatic carbocycles. The van der Waals surface area contributed by atoms with Crippen molar-refractivity contribution in [2.45, 2.75) is 19.4 Å². The molecule has 1 atom stereocenters. The number of hydrogen-bond acceptors (Lipinski definition) is 4. The summed E-state index contributed by atoms with van der Waals surface area (Å²) in [6.07, 6.45) is 0. The van der Waals surface area contributed by atoms with Gasteiger partial charge in [-0.2, -0.15) is 0 Å². The molecule has 0 amide bonds. The highest BCUT2D eigenvalue weighted by Gasteiger charge is 2.22. The van der Waals surface area contributed by atoms with E-state index in [0.29, 0.717) is 5.82 Å². The zero-order valence-electron chi connectivity index (χ0n) is 7.91. The van der Waals surface area contributed by atoms with Crippen molar-refractivity contribution < 1.29 is 5.11 Å². The van der Waals surface area contributed by atoms with Crippen LogP contribution in [-0.4, -0.2) is 16.7 Å². The number of nitrogen functional groups attached to an aromatic ring is 1. The summed E-state index contributed by atoms with van der Waals surface area (Å²) in [5.74, 6) is 0.468. The lowest BCUT2D eigenvalue weighted by molar-refractivity contribution is 0.209. The highest BCUT2D eigenvalue weighted by Crippen LogP contribution is 2.20.